The summed E-state index contributed by atoms with van der Waals surface area (Å²) in [5.41, 5.74) is -0.0934. The number of aliphatic imine (C=N–C) groups is 1. The maximum atomic E-state index is 10.5. The average Bonchev–Trinajstić information content (AvgIpc) is 2.14. The predicted molar refractivity (Wildman–Crippen MR) is 50.9 cm³/mol. The van der Waals surface area contributed by atoms with Gasteiger partial charge in [-0.3, -0.25) is 0 Å². The van der Waals surface area contributed by atoms with E-state index in [9.17, 15) is 14.7 Å². The first-order valence-corrected chi connectivity index (χ1v) is 3.84. The molecule has 0 atom stereocenters. The van der Waals surface area contributed by atoms with E-state index in [0.717, 1.165) is 12.1 Å². The van der Waals surface area contributed by atoms with Crippen LogP contribution in [0.15, 0.2) is 23.2 Å². The van der Waals surface area contributed by atoms with E-state index in [-0.39, 0.29) is 11.3 Å². The number of benzene rings is 1. The van der Waals surface area contributed by atoms with Crippen molar-refractivity contribution in [2.75, 3.05) is 0 Å². The topological polar surface area (TPSA) is 107 Å². The van der Waals surface area contributed by atoms with Crippen molar-refractivity contribution in [1.82, 2.24) is 0 Å². The van der Waals surface area contributed by atoms with Crippen molar-refractivity contribution in [2.45, 2.75) is 0 Å². The lowest BCUT2D eigenvalue weighted by atomic mass is 10.2. The van der Waals surface area contributed by atoms with Crippen molar-refractivity contribution in [2.24, 2.45) is 4.99 Å². The average molecular weight is 209 g/mol. The Kier molecular flexibility index (Phi) is 3.02. The molecule has 0 aliphatic rings. The smallest absolute Gasteiger partial charge is 0.346 e. The van der Waals surface area contributed by atoms with Crippen LogP contribution in [-0.4, -0.2) is 33.5 Å². The molecule has 0 spiro atoms. The Labute approximate surface area is 84.1 Å². The molecule has 0 saturated heterocycles. The first-order chi connectivity index (χ1) is 7.00. The third kappa shape index (κ3) is 2.80. The van der Waals surface area contributed by atoms with E-state index in [1.807, 2.05) is 0 Å². The number of rotatable bonds is 3. The quantitative estimate of drug-likeness (QED) is 0.640. The van der Waals surface area contributed by atoms with Gasteiger partial charge in [0.15, 0.2) is 0 Å². The summed E-state index contributed by atoms with van der Waals surface area (Å²) in [6.07, 6.45) is 0.648. The Morgan fingerprint density at radius 1 is 1.27 bits per heavy atom. The Morgan fingerprint density at radius 2 is 1.93 bits per heavy atom. The van der Waals surface area contributed by atoms with Gasteiger partial charge in [-0.05, 0) is 12.1 Å². The highest BCUT2D eigenvalue weighted by Crippen LogP contribution is 2.23. The normalized spacial score (nSPS) is 10.4. The van der Waals surface area contributed by atoms with E-state index in [4.69, 9.17) is 10.2 Å². The maximum absolute atomic E-state index is 10.5. The molecule has 3 N–H and O–H groups in total. The second kappa shape index (κ2) is 4.23. The number of aromatic carboxylic acids is 1. The van der Waals surface area contributed by atoms with E-state index in [2.05, 4.69) is 4.99 Å². The molecule has 6 nitrogen and oxygen atoms in total. The fraction of sp³-hybridized carbons (Fsp3) is 0. The van der Waals surface area contributed by atoms with Gasteiger partial charge in [-0.2, -0.15) is 0 Å². The second-order valence-corrected chi connectivity index (χ2v) is 2.60. The van der Waals surface area contributed by atoms with Crippen LogP contribution >= 0.6 is 0 Å². The number of aliphatic carboxylic acids is 1. The van der Waals surface area contributed by atoms with Gasteiger partial charge in [0.1, 0.15) is 17.5 Å². The molecule has 0 fully saturated rings. The summed E-state index contributed by atoms with van der Waals surface area (Å²) in [6, 6.07) is 3.51. The molecule has 0 unspecified atom stereocenters. The fourth-order valence-corrected chi connectivity index (χ4v) is 0.911. The van der Waals surface area contributed by atoms with Crippen molar-refractivity contribution in [3.8, 4) is 5.75 Å². The van der Waals surface area contributed by atoms with Gasteiger partial charge in [0.05, 0.1) is 5.69 Å². The second-order valence-electron chi connectivity index (χ2n) is 2.60. The summed E-state index contributed by atoms with van der Waals surface area (Å²) in [5.74, 6) is -2.94. The molecule has 1 aromatic rings. The molecule has 0 saturated carbocycles. The Balaban J connectivity index is 3.01. The van der Waals surface area contributed by atoms with Crippen molar-refractivity contribution >= 4 is 23.8 Å². The fourth-order valence-electron chi connectivity index (χ4n) is 0.911. The maximum Gasteiger partial charge on any atom is 0.346 e. The number of aromatic hydroxyl groups is 1. The van der Waals surface area contributed by atoms with Crippen LogP contribution in [0.2, 0.25) is 0 Å². The minimum Gasteiger partial charge on any atom is -0.507 e. The van der Waals surface area contributed by atoms with Crippen LogP contribution in [0.1, 0.15) is 10.4 Å². The number of hydrogen-bond donors (Lipinski definition) is 3. The monoisotopic (exact) mass is 209 g/mol. The molecule has 1 rings (SSSR count). The highest BCUT2D eigenvalue weighted by molar-refractivity contribution is 6.22. The molecular formula is C9H7NO5. The van der Waals surface area contributed by atoms with Crippen LogP contribution < -0.4 is 0 Å². The minimum absolute atomic E-state index is 0.167. The summed E-state index contributed by atoms with van der Waals surface area (Å²) >= 11 is 0. The number of nitrogens with zero attached hydrogens (tertiary/aromatic N) is 1. The third-order valence-electron chi connectivity index (χ3n) is 1.54. The number of hydrogen-bond acceptors (Lipinski definition) is 4. The third-order valence-corrected chi connectivity index (χ3v) is 1.54. The number of carboxylic acids is 2. The van der Waals surface area contributed by atoms with E-state index in [0.29, 0.717) is 6.21 Å². The van der Waals surface area contributed by atoms with Gasteiger partial charge in [0, 0.05) is 6.07 Å². The van der Waals surface area contributed by atoms with E-state index >= 15 is 0 Å². The van der Waals surface area contributed by atoms with E-state index in [1.54, 1.807) is 0 Å². The summed E-state index contributed by atoms with van der Waals surface area (Å²) in [5, 5.41) is 26.1. The molecular weight excluding hydrogens is 202 g/mol. The first-order valence-electron chi connectivity index (χ1n) is 3.84. The Hall–Kier alpha value is -2.37. The molecule has 0 aliphatic heterocycles. The summed E-state index contributed by atoms with van der Waals surface area (Å²) in [6.45, 7) is 0. The number of phenols is 1. The molecule has 6 heteroatoms. The summed E-state index contributed by atoms with van der Waals surface area (Å²) in [4.78, 5) is 24.1. The van der Waals surface area contributed by atoms with Crippen LogP contribution in [0.3, 0.4) is 0 Å². The van der Waals surface area contributed by atoms with Gasteiger partial charge in [0.2, 0.25) is 0 Å². The van der Waals surface area contributed by atoms with Gasteiger partial charge in [0.25, 0.3) is 0 Å². The molecule has 0 radical (unpaired) electrons. The highest BCUT2D eigenvalue weighted by Gasteiger charge is 2.08. The molecule has 0 bridgehead atoms. The SMILES string of the molecule is O=C(O)C=Nc1ccc(C(=O)O)c(O)c1. The van der Waals surface area contributed by atoms with Gasteiger partial charge in [-0.1, -0.05) is 0 Å². The standard InChI is InChI=1S/C9H7NO5/c11-7-3-5(10-4-8(12)13)1-2-6(7)9(14)15/h1-4,11H,(H,12,13)(H,14,15). The van der Waals surface area contributed by atoms with Gasteiger partial charge in [-0.25, -0.2) is 14.6 Å². The molecule has 0 aliphatic carbocycles. The molecule has 0 heterocycles. The lowest BCUT2D eigenvalue weighted by Gasteiger charge is -1.99. The van der Waals surface area contributed by atoms with Crippen molar-refractivity contribution < 1.29 is 24.9 Å². The Morgan fingerprint density at radius 3 is 2.40 bits per heavy atom. The summed E-state index contributed by atoms with van der Waals surface area (Å²) in [7, 11) is 0. The lowest BCUT2D eigenvalue weighted by Crippen LogP contribution is -1.96. The molecule has 1 aromatic carbocycles. The van der Waals surface area contributed by atoms with Gasteiger partial charge < -0.3 is 15.3 Å². The molecule has 0 amide bonds. The first kappa shape index (κ1) is 10.7. The molecule has 15 heavy (non-hydrogen) atoms. The predicted octanol–water partition coefficient (Wildman–Crippen LogP) is 0.877. The Bertz CT molecular complexity index is 438. The van der Waals surface area contributed by atoms with Gasteiger partial charge in [-0.15, -0.1) is 0 Å². The number of carbonyl (C=O) groups is 2. The van der Waals surface area contributed by atoms with Crippen molar-refractivity contribution in [3.05, 3.63) is 23.8 Å². The summed E-state index contributed by atoms with van der Waals surface area (Å²) < 4.78 is 0. The van der Waals surface area contributed by atoms with Gasteiger partial charge >= 0.3 is 11.9 Å². The molecule has 78 valence electrons. The lowest BCUT2D eigenvalue weighted by molar-refractivity contribution is -0.128. The van der Waals surface area contributed by atoms with Crippen molar-refractivity contribution in [3.63, 3.8) is 0 Å². The molecule has 0 aromatic heterocycles. The zero-order valence-electron chi connectivity index (χ0n) is 7.41. The zero-order valence-corrected chi connectivity index (χ0v) is 7.41. The number of carboxylic acid groups (broad SMARTS) is 2. The minimum atomic E-state index is -1.26. The van der Waals surface area contributed by atoms with Crippen LogP contribution in [0.5, 0.6) is 5.75 Å². The van der Waals surface area contributed by atoms with Crippen LogP contribution in [0, 0.1) is 0 Å². The van der Waals surface area contributed by atoms with Crippen LogP contribution in [-0.2, 0) is 4.79 Å². The van der Waals surface area contributed by atoms with Crippen molar-refractivity contribution in [1.29, 1.82) is 0 Å². The zero-order chi connectivity index (χ0) is 11.4. The van der Waals surface area contributed by atoms with Crippen LogP contribution in [0.4, 0.5) is 5.69 Å². The largest absolute Gasteiger partial charge is 0.507 e. The van der Waals surface area contributed by atoms with E-state index < -0.39 is 17.7 Å². The van der Waals surface area contributed by atoms with E-state index in [1.165, 1.54) is 6.07 Å². The highest BCUT2D eigenvalue weighted by atomic mass is 16.4. The van der Waals surface area contributed by atoms with Crippen LogP contribution in [0.25, 0.3) is 0 Å².